The highest BCUT2D eigenvalue weighted by Crippen LogP contribution is 2.30. The Balaban J connectivity index is 1.88. The Morgan fingerprint density at radius 2 is 1.59 bits per heavy atom. The maximum atomic E-state index is 13.3. The Morgan fingerprint density at radius 3 is 2.19 bits per heavy atom. The van der Waals surface area contributed by atoms with E-state index in [0.717, 1.165) is 0 Å². The molecule has 7 nitrogen and oxygen atoms in total. The third-order valence-corrected chi connectivity index (χ3v) is 7.04. The van der Waals surface area contributed by atoms with Gasteiger partial charge in [0.25, 0.3) is 15.9 Å². The number of carbonyl (C=O) groups is 2. The van der Waals surface area contributed by atoms with Crippen LogP contribution in [0.4, 0.5) is 11.4 Å². The van der Waals surface area contributed by atoms with E-state index in [0.29, 0.717) is 11.3 Å². The lowest BCUT2D eigenvalue weighted by molar-refractivity contribution is 0.0600. The Kier molecular flexibility index (Phi) is 7.17. The molecule has 0 aliphatic heterocycles. The van der Waals surface area contributed by atoms with E-state index in [2.05, 4.69) is 10.1 Å². The first-order valence-corrected chi connectivity index (χ1v) is 11.5. The highest BCUT2D eigenvalue weighted by atomic mass is 35.5. The monoisotopic (exact) mass is 472 g/mol. The number of nitrogens with one attached hydrogen (secondary N) is 1. The van der Waals surface area contributed by atoms with Gasteiger partial charge in [-0.05, 0) is 61.5 Å². The van der Waals surface area contributed by atoms with Crippen LogP contribution in [0.1, 0.15) is 27.6 Å². The fourth-order valence-corrected chi connectivity index (χ4v) is 5.04. The number of sulfonamides is 1. The van der Waals surface area contributed by atoms with Crippen LogP contribution in [0.15, 0.2) is 77.7 Å². The molecule has 3 aromatic rings. The minimum atomic E-state index is -3.98. The van der Waals surface area contributed by atoms with Crippen molar-refractivity contribution < 1.29 is 22.7 Å². The van der Waals surface area contributed by atoms with Crippen molar-refractivity contribution in [3.05, 3.63) is 88.9 Å². The lowest BCUT2D eigenvalue weighted by Crippen LogP contribution is -2.31. The molecule has 1 amide bonds. The van der Waals surface area contributed by atoms with Crippen LogP contribution in [0.2, 0.25) is 5.02 Å². The Hall–Kier alpha value is -3.36. The van der Waals surface area contributed by atoms with Crippen LogP contribution < -0.4 is 9.62 Å². The van der Waals surface area contributed by atoms with E-state index in [9.17, 15) is 18.0 Å². The average Bonchev–Trinajstić information content (AvgIpc) is 2.80. The predicted molar refractivity (Wildman–Crippen MR) is 124 cm³/mol. The number of halogens is 1. The SMILES string of the molecule is CCN(c1ccccc1)S(=O)(=O)c1cc(NC(=O)c2ccc(C(=O)OC)cc2)ccc1Cl. The highest BCUT2D eigenvalue weighted by Gasteiger charge is 2.26. The van der Waals surface area contributed by atoms with Gasteiger partial charge in [0.05, 0.1) is 23.4 Å². The maximum absolute atomic E-state index is 13.3. The number of benzene rings is 3. The van der Waals surface area contributed by atoms with Gasteiger partial charge in [-0.1, -0.05) is 29.8 Å². The van der Waals surface area contributed by atoms with Crippen LogP contribution in [-0.2, 0) is 14.8 Å². The Labute approximate surface area is 191 Å². The number of hydrogen-bond acceptors (Lipinski definition) is 5. The van der Waals surface area contributed by atoms with E-state index in [1.54, 1.807) is 37.3 Å². The third kappa shape index (κ3) is 4.92. The summed E-state index contributed by atoms with van der Waals surface area (Å²) in [5.41, 5.74) is 1.37. The van der Waals surface area contributed by atoms with Gasteiger partial charge in [-0.25, -0.2) is 13.2 Å². The normalized spacial score (nSPS) is 11.0. The molecule has 0 spiro atoms. The van der Waals surface area contributed by atoms with Gasteiger partial charge in [0, 0.05) is 17.8 Å². The fourth-order valence-electron chi connectivity index (χ4n) is 3.06. The molecule has 166 valence electrons. The van der Waals surface area contributed by atoms with Crippen molar-refractivity contribution in [2.75, 3.05) is 23.3 Å². The highest BCUT2D eigenvalue weighted by molar-refractivity contribution is 7.93. The van der Waals surface area contributed by atoms with E-state index in [4.69, 9.17) is 11.6 Å². The zero-order chi connectivity index (χ0) is 23.3. The van der Waals surface area contributed by atoms with Gasteiger partial charge < -0.3 is 10.1 Å². The molecule has 9 heteroatoms. The Morgan fingerprint density at radius 1 is 0.969 bits per heavy atom. The second-order valence-electron chi connectivity index (χ2n) is 6.67. The molecular formula is C23H21ClN2O5S. The largest absolute Gasteiger partial charge is 0.465 e. The second-order valence-corrected chi connectivity index (χ2v) is 8.91. The smallest absolute Gasteiger partial charge is 0.337 e. The zero-order valence-corrected chi connectivity index (χ0v) is 19.0. The maximum Gasteiger partial charge on any atom is 0.337 e. The van der Waals surface area contributed by atoms with Gasteiger partial charge in [-0.15, -0.1) is 0 Å². The number of rotatable bonds is 7. The van der Waals surface area contributed by atoms with Crippen molar-refractivity contribution >= 4 is 44.9 Å². The molecular weight excluding hydrogens is 452 g/mol. The number of nitrogens with zero attached hydrogens (tertiary/aromatic N) is 1. The summed E-state index contributed by atoms with van der Waals surface area (Å²) in [7, 11) is -2.71. The van der Waals surface area contributed by atoms with Gasteiger partial charge >= 0.3 is 5.97 Å². The molecule has 1 N–H and O–H groups in total. The number of carbonyl (C=O) groups excluding carboxylic acids is 2. The molecule has 0 aliphatic rings. The average molecular weight is 473 g/mol. The van der Waals surface area contributed by atoms with Gasteiger partial charge in [0.2, 0.25) is 0 Å². The lowest BCUT2D eigenvalue weighted by atomic mass is 10.1. The summed E-state index contributed by atoms with van der Waals surface area (Å²) < 4.78 is 32.5. The van der Waals surface area contributed by atoms with E-state index in [1.807, 2.05) is 0 Å². The predicted octanol–water partition coefficient (Wildman–Crippen LogP) is 4.59. The number of amides is 1. The van der Waals surface area contributed by atoms with Gasteiger partial charge in [0.1, 0.15) is 4.90 Å². The van der Waals surface area contributed by atoms with Gasteiger partial charge in [0.15, 0.2) is 0 Å². The zero-order valence-electron chi connectivity index (χ0n) is 17.4. The van der Waals surface area contributed by atoms with E-state index >= 15 is 0 Å². The number of para-hydroxylation sites is 1. The summed E-state index contributed by atoms with van der Waals surface area (Å²) in [4.78, 5) is 24.0. The number of anilines is 2. The van der Waals surface area contributed by atoms with E-state index < -0.39 is 21.9 Å². The molecule has 3 rings (SSSR count). The van der Waals surface area contributed by atoms with Crippen molar-refractivity contribution in [1.82, 2.24) is 0 Å². The summed E-state index contributed by atoms with van der Waals surface area (Å²) in [6.07, 6.45) is 0. The van der Waals surface area contributed by atoms with Gasteiger partial charge in [-0.2, -0.15) is 0 Å². The van der Waals surface area contributed by atoms with E-state index in [-0.39, 0.29) is 27.7 Å². The van der Waals surface area contributed by atoms with E-state index in [1.165, 1.54) is 53.9 Å². The Bertz CT molecular complexity index is 1230. The number of hydrogen-bond donors (Lipinski definition) is 1. The molecule has 0 aliphatic carbocycles. The second kappa shape index (κ2) is 9.84. The van der Waals surface area contributed by atoms with Crippen LogP contribution in [0.3, 0.4) is 0 Å². The van der Waals surface area contributed by atoms with Crippen LogP contribution in [-0.4, -0.2) is 33.9 Å². The van der Waals surface area contributed by atoms with Crippen LogP contribution in [0.5, 0.6) is 0 Å². The molecule has 0 bridgehead atoms. The first-order valence-electron chi connectivity index (χ1n) is 9.65. The summed E-state index contributed by atoms with van der Waals surface area (Å²) in [6.45, 7) is 1.92. The molecule has 0 atom stereocenters. The summed E-state index contributed by atoms with van der Waals surface area (Å²) >= 11 is 6.22. The van der Waals surface area contributed by atoms with Crippen LogP contribution in [0.25, 0.3) is 0 Å². The summed E-state index contributed by atoms with van der Waals surface area (Å²) in [5.74, 6) is -0.981. The third-order valence-electron chi connectivity index (χ3n) is 4.66. The molecule has 0 saturated heterocycles. The summed E-state index contributed by atoms with van der Waals surface area (Å²) in [6, 6.07) is 18.8. The van der Waals surface area contributed by atoms with Crippen molar-refractivity contribution in [1.29, 1.82) is 0 Å². The molecule has 0 unspecified atom stereocenters. The molecule has 0 aromatic heterocycles. The minimum absolute atomic E-state index is 0.0415. The van der Waals surface area contributed by atoms with Crippen molar-refractivity contribution in [3.8, 4) is 0 Å². The number of methoxy groups -OCH3 is 1. The standard InChI is InChI=1S/C23H21ClN2O5S/c1-3-26(19-7-5-4-6-8-19)32(29,30)21-15-18(13-14-20(21)24)25-22(27)16-9-11-17(12-10-16)23(28)31-2/h4-15H,3H2,1-2H3,(H,25,27). The molecule has 0 fully saturated rings. The molecule has 0 saturated carbocycles. The first-order chi connectivity index (χ1) is 15.3. The molecule has 32 heavy (non-hydrogen) atoms. The number of esters is 1. The fraction of sp³-hybridized carbons (Fsp3) is 0.130. The first kappa shape index (κ1) is 23.3. The van der Waals surface area contributed by atoms with Crippen molar-refractivity contribution in [3.63, 3.8) is 0 Å². The van der Waals surface area contributed by atoms with Crippen molar-refractivity contribution in [2.24, 2.45) is 0 Å². The topological polar surface area (TPSA) is 92.8 Å². The summed E-state index contributed by atoms with van der Waals surface area (Å²) in [5, 5.41) is 2.70. The molecule has 3 aromatic carbocycles. The molecule has 0 heterocycles. The van der Waals surface area contributed by atoms with Gasteiger partial charge in [-0.3, -0.25) is 9.10 Å². The molecule has 0 radical (unpaired) electrons. The number of ether oxygens (including phenoxy) is 1. The van der Waals surface area contributed by atoms with Crippen LogP contribution >= 0.6 is 11.6 Å². The quantitative estimate of drug-likeness (QED) is 0.507. The van der Waals surface area contributed by atoms with Crippen molar-refractivity contribution in [2.45, 2.75) is 11.8 Å². The minimum Gasteiger partial charge on any atom is -0.465 e. The lowest BCUT2D eigenvalue weighted by Gasteiger charge is -2.23. The van der Waals surface area contributed by atoms with Crippen LogP contribution in [0, 0.1) is 0 Å².